The van der Waals surface area contributed by atoms with Crippen LogP contribution in [0.1, 0.15) is 10.4 Å². The van der Waals surface area contributed by atoms with Gasteiger partial charge in [-0.05, 0) is 0 Å². The molecular weight excluding hydrogens is 278 g/mol. The molecule has 0 saturated heterocycles. The summed E-state index contributed by atoms with van der Waals surface area (Å²) >= 11 is 0. The van der Waals surface area contributed by atoms with Gasteiger partial charge >= 0.3 is 0 Å². The van der Waals surface area contributed by atoms with Crippen LogP contribution in [0.15, 0.2) is 17.3 Å². The predicted octanol–water partition coefficient (Wildman–Crippen LogP) is 0.531. The van der Waals surface area contributed by atoms with Gasteiger partial charge in [-0.15, -0.1) is 0 Å². The first kappa shape index (κ1) is 16.4. The number of amidine groups is 1. The van der Waals surface area contributed by atoms with Gasteiger partial charge in [-0.3, -0.25) is 4.79 Å². The SMILES string of the molecule is COc1cc(OC)c(C(=O)N(C)CC(N)=NO)cc1OC. The highest BCUT2D eigenvalue weighted by Gasteiger charge is 2.21. The lowest BCUT2D eigenvalue weighted by Crippen LogP contribution is -2.35. The van der Waals surface area contributed by atoms with Crippen molar-refractivity contribution in [2.24, 2.45) is 10.9 Å². The van der Waals surface area contributed by atoms with Crippen molar-refractivity contribution < 1.29 is 24.2 Å². The van der Waals surface area contributed by atoms with E-state index in [0.717, 1.165) is 0 Å². The quantitative estimate of drug-likeness (QED) is 0.343. The molecule has 0 aliphatic carbocycles. The lowest BCUT2D eigenvalue weighted by atomic mass is 10.1. The molecule has 0 fully saturated rings. The molecule has 116 valence electrons. The Balaban J connectivity index is 3.18. The number of amides is 1. The van der Waals surface area contributed by atoms with Gasteiger partial charge in [0.1, 0.15) is 5.75 Å². The average molecular weight is 297 g/mol. The van der Waals surface area contributed by atoms with E-state index in [0.29, 0.717) is 17.2 Å². The fourth-order valence-electron chi connectivity index (χ4n) is 1.75. The molecule has 0 unspecified atom stereocenters. The van der Waals surface area contributed by atoms with Crippen molar-refractivity contribution >= 4 is 11.7 Å². The Morgan fingerprint density at radius 1 is 1.19 bits per heavy atom. The number of nitrogens with two attached hydrogens (primary N) is 1. The number of rotatable bonds is 6. The van der Waals surface area contributed by atoms with Crippen LogP contribution in [0.3, 0.4) is 0 Å². The van der Waals surface area contributed by atoms with E-state index in [1.165, 1.54) is 39.3 Å². The Labute approximate surface area is 122 Å². The summed E-state index contributed by atoms with van der Waals surface area (Å²) in [7, 11) is 5.93. The minimum atomic E-state index is -0.362. The first-order valence-corrected chi connectivity index (χ1v) is 6.00. The zero-order chi connectivity index (χ0) is 16.0. The Hall–Kier alpha value is -2.64. The molecule has 0 spiro atoms. The molecule has 1 amide bonds. The van der Waals surface area contributed by atoms with Crippen molar-refractivity contribution in [3.8, 4) is 17.2 Å². The summed E-state index contributed by atoms with van der Waals surface area (Å²) in [6.07, 6.45) is 0. The van der Waals surface area contributed by atoms with E-state index in [1.807, 2.05) is 0 Å². The third-order valence-electron chi connectivity index (χ3n) is 2.81. The smallest absolute Gasteiger partial charge is 0.257 e. The van der Waals surface area contributed by atoms with Crippen molar-refractivity contribution in [2.75, 3.05) is 34.9 Å². The number of methoxy groups -OCH3 is 3. The highest BCUT2D eigenvalue weighted by molar-refractivity contribution is 5.99. The maximum absolute atomic E-state index is 12.4. The first-order chi connectivity index (χ1) is 9.98. The van der Waals surface area contributed by atoms with Crippen LogP contribution in [0.2, 0.25) is 0 Å². The number of carbonyl (C=O) groups is 1. The molecule has 1 rings (SSSR count). The van der Waals surface area contributed by atoms with Crippen molar-refractivity contribution in [1.82, 2.24) is 4.90 Å². The van der Waals surface area contributed by atoms with Gasteiger partial charge in [0.25, 0.3) is 5.91 Å². The number of hydrogen-bond acceptors (Lipinski definition) is 6. The standard InChI is InChI=1S/C13H19N3O5/c1-16(7-12(14)15-18)13(17)8-5-10(20-3)11(21-4)6-9(8)19-2/h5-6,18H,7H2,1-4H3,(H2,14,15). The van der Waals surface area contributed by atoms with E-state index in [4.69, 9.17) is 25.2 Å². The molecule has 0 aliphatic heterocycles. The molecule has 8 heteroatoms. The largest absolute Gasteiger partial charge is 0.496 e. The van der Waals surface area contributed by atoms with Crippen LogP contribution in [-0.2, 0) is 0 Å². The molecule has 3 N–H and O–H groups in total. The molecule has 1 aromatic carbocycles. The van der Waals surface area contributed by atoms with Gasteiger partial charge in [0.15, 0.2) is 17.3 Å². The van der Waals surface area contributed by atoms with E-state index in [9.17, 15) is 4.79 Å². The molecule has 0 atom stereocenters. The summed E-state index contributed by atoms with van der Waals surface area (Å²) in [4.78, 5) is 13.7. The first-order valence-electron chi connectivity index (χ1n) is 6.00. The van der Waals surface area contributed by atoms with Crippen molar-refractivity contribution in [3.63, 3.8) is 0 Å². The van der Waals surface area contributed by atoms with Gasteiger partial charge in [0, 0.05) is 19.2 Å². The second kappa shape index (κ2) is 7.22. The van der Waals surface area contributed by atoms with Gasteiger partial charge in [0.05, 0.1) is 33.4 Å². The summed E-state index contributed by atoms with van der Waals surface area (Å²) in [6, 6.07) is 3.08. The maximum atomic E-state index is 12.4. The third kappa shape index (κ3) is 3.68. The van der Waals surface area contributed by atoms with Crippen LogP contribution in [-0.4, -0.2) is 56.8 Å². The number of likely N-dealkylation sites (N-methyl/N-ethyl adjacent to an activating group) is 1. The molecule has 8 nitrogen and oxygen atoms in total. The number of oxime groups is 1. The molecule has 1 aromatic rings. The number of hydrogen-bond donors (Lipinski definition) is 2. The van der Waals surface area contributed by atoms with Crippen LogP contribution in [0, 0.1) is 0 Å². The zero-order valence-electron chi connectivity index (χ0n) is 12.4. The van der Waals surface area contributed by atoms with Gasteiger partial charge < -0.3 is 30.1 Å². The Morgan fingerprint density at radius 3 is 2.19 bits per heavy atom. The molecule has 0 aliphatic rings. The zero-order valence-corrected chi connectivity index (χ0v) is 12.4. The van der Waals surface area contributed by atoms with Gasteiger partial charge in [0.2, 0.25) is 0 Å². The summed E-state index contributed by atoms with van der Waals surface area (Å²) in [6.45, 7) is -0.0210. The van der Waals surface area contributed by atoms with Crippen molar-refractivity contribution in [1.29, 1.82) is 0 Å². The van der Waals surface area contributed by atoms with Crippen LogP contribution < -0.4 is 19.9 Å². The molecule has 0 heterocycles. The predicted molar refractivity (Wildman–Crippen MR) is 76.5 cm³/mol. The van der Waals surface area contributed by atoms with Crippen LogP contribution in [0.4, 0.5) is 0 Å². The maximum Gasteiger partial charge on any atom is 0.257 e. The molecular formula is C13H19N3O5. The number of nitrogens with zero attached hydrogens (tertiary/aromatic N) is 2. The minimum absolute atomic E-state index is 0.0210. The van der Waals surface area contributed by atoms with E-state index in [1.54, 1.807) is 6.07 Å². The molecule has 0 radical (unpaired) electrons. The van der Waals surface area contributed by atoms with Crippen molar-refractivity contribution in [3.05, 3.63) is 17.7 Å². The lowest BCUT2D eigenvalue weighted by Gasteiger charge is -2.19. The highest BCUT2D eigenvalue weighted by Crippen LogP contribution is 2.35. The minimum Gasteiger partial charge on any atom is -0.496 e. The van der Waals surface area contributed by atoms with Gasteiger partial charge in [-0.25, -0.2) is 0 Å². The fourth-order valence-corrected chi connectivity index (χ4v) is 1.75. The molecule has 0 saturated carbocycles. The summed E-state index contributed by atoms with van der Waals surface area (Å²) in [5, 5.41) is 11.4. The third-order valence-corrected chi connectivity index (χ3v) is 2.81. The van der Waals surface area contributed by atoms with Crippen LogP contribution in [0.25, 0.3) is 0 Å². The second-order valence-electron chi connectivity index (χ2n) is 4.16. The Kier molecular flexibility index (Phi) is 5.65. The summed E-state index contributed by atoms with van der Waals surface area (Å²) < 4.78 is 15.5. The van der Waals surface area contributed by atoms with Crippen LogP contribution in [0.5, 0.6) is 17.2 Å². The lowest BCUT2D eigenvalue weighted by molar-refractivity contribution is 0.0810. The van der Waals surface area contributed by atoms with E-state index in [-0.39, 0.29) is 23.9 Å². The number of carbonyl (C=O) groups excluding carboxylic acids is 1. The average Bonchev–Trinajstić information content (AvgIpc) is 2.52. The Morgan fingerprint density at radius 2 is 1.71 bits per heavy atom. The number of ether oxygens (including phenoxy) is 3. The Bertz CT molecular complexity index is 545. The normalized spacial score (nSPS) is 11.0. The van der Waals surface area contributed by atoms with Gasteiger partial charge in [-0.2, -0.15) is 0 Å². The topological polar surface area (TPSA) is 107 Å². The monoisotopic (exact) mass is 297 g/mol. The van der Waals surface area contributed by atoms with Crippen LogP contribution >= 0.6 is 0 Å². The van der Waals surface area contributed by atoms with Crippen molar-refractivity contribution in [2.45, 2.75) is 0 Å². The van der Waals surface area contributed by atoms with Gasteiger partial charge in [-0.1, -0.05) is 5.16 Å². The molecule has 21 heavy (non-hydrogen) atoms. The van der Waals surface area contributed by atoms with E-state index < -0.39 is 0 Å². The number of benzene rings is 1. The molecule has 0 bridgehead atoms. The van der Waals surface area contributed by atoms with E-state index in [2.05, 4.69) is 5.16 Å². The highest BCUT2D eigenvalue weighted by atomic mass is 16.5. The second-order valence-corrected chi connectivity index (χ2v) is 4.16. The fraction of sp³-hybridized carbons (Fsp3) is 0.385. The van der Waals surface area contributed by atoms with E-state index >= 15 is 0 Å². The molecule has 0 aromatic heterocycles. The summed E-state index contributed by atoms with van der Waals surface area (Å²) in [5.74, 6) is 0.748. The summed E-state index contributed by atoms with van der Waals surface area (Å²) in [5.41, 5.74) is 5.67.